The van der Waals surface area contributed by atoms with Crippen LogP contribution in [-0.4, -0.2) is 22.2 Å². The van der Waals surface area contributed by atoms with E-state index in [9.17, 15) is 0 Å². The van der Waals surface area contributed by atoms with Crippen LogP contribution in [0.3, 0.4) is 0 Å². The molecule has 0 unspecified atom stereocenters. The average Bonchev–Trinajstić information content (AvgIpc) is 3.17. The number of nitrogens with zero attached hydrogens (tertiary/aromatic N) is 3. The van der Waals surface area contributed by atoms with Gasteiger partial charge >= 0.3 is 0 Å². The molecule has 0 saturated heterocycles. The molecule has 0 spiro atoms. The van der Waals surface area contributed by atoms with Gasteiger partial charge in [-0.3, -0.25) is 0 Å². The standard InChI is InChI=1S/C22H21N5O2/c1-15-12-21(27-29-15)25-20-13-19(17-6-4-3-5-7-17)24-22(26-20)23-14-16-8-10-18(28-2)11-9-16/h3-13H,14H2,1-2H3,(H2,23,24,25,26,27). The molecule has 7 nitrogen and oxygen atoms in total. The lowest BCUT2D eigenvalue weighted by atomic mass is 10.1. The number of nitrogens with one attached hydrogen (secondary N) is 2. The quantitative estimate of drug-likeness (QED) is 0.471. The van der Waals surface area contributed by atoms with Crippen LogP contribution in [0.5, 0.6) is 5.75 Å². The molecular formula is C22H21N5O2. The minimum Gasteiger partial charge on any atom is -0.497 e. The molecule has 0 amide bonds. The number of aromatic nitrogens is 3. The topological polar surface area (TPSA) is 85.1 Å². The zero-order chi connectivity index (χ0) is 20.1. The van der Waals surface area contributed by atoms with Crippen LogP contribution in [0.4, 0.5) is 17.6 Å². The normalized spacial score (nSPS) is 10.6. The molecule has 0 fully saturated rings. The summed E-state index contributed by atoms with van der Waals surface area (Å²) in [5.41, 5.74) is 2.91. The second kappa shape index (κ2) is 8.43. The summed E-state index contributed by atoms with van der Waals surface area (Å²) in [6.07, 6.45) is 0. The zero-order valence-corrected chi connectivity index (χ0v) is 16.2. The summed E-state index contributed by atoms with van der Waals surface area (Å²) in [5, 5.41) is 10.4. The van der Waals surface area contributed by atoms with Crippen molar-refractivity contribution in [3.05, 3.63) is 78.1 Å². The molecule has 4 aromatic rings. The summed E-state index contributed by atoms with van der Waals surface area (Å²) in [6, 6.07) is 21.5. The highest BCUT2D eigenvalue weighted by Crippen LogP contribution is 2.24. The lowest BCUT2D eigenvalue weighted by molar-refractivity contribution is 0.400. The van der Waals surface area contributed by atoms with Crippen molar-refractivity contribution in [3.63, 3.8) is 0 Å². The van der Waals surface area contributed by atoms with E-state index in [0.717, 1.165) is 28.3 Å². The molecule has 2 N–H and O–H groups in total. The van der Waals surface area contributed by atoms with Gasteiger partial charge in [0.2, 0.25) is 5.95 Å². The van der Waals surface area contributed by atoms with Gasteiger partial charge in [0, 0.05) is 24.2 Å². The van der Waals surface area contributed by atoms with E-state index in [4.69, 9.17) is 9.26 Å². The number of anilines is 3. The van der Waals surface area contributed by atoms with E-state index < -0.39 is 0 Å². The number of benzene rings is 2. The van der Waals surface area contributed by atoms with E-state index in [1.54, 1.807) is 7.11 Å². The Morgan fingerprint density at radius 3 is 2.41 bits per heavy atom. The van der Waals surface area contributed by atoms with Crippen LogP contribution in [0.25, 0.3) is 11.3 Å². The van der Waals surface area contributed by atoms with Gasteiger partial charge in [0.25, 0.3) is 0 Å². The molecule has 2 aromatic carbocycles. The van der Waals surface area contributed by atoms with E-state index in [-0.39, 0.29) is 0 Å². The highest BCUT2D eigenvalue weighted by Gasteiger charge is 2.09. The lowest BCUT2D eigenvalue weighted by Gasteiger charge is -2.11. The summed E-state index contributed by atoms with van der Waals surface area (Å²) in [5.74, 6) is 3.30. The van der Waals surface area contributed by atoms with E-state index in [1.807, 2.05) is 73.7 Å². The first-order valence-corrected chi connectivity index (χ1v) is 9.21. The Morgan fingerprint density at radius 1 is 0.931 bits per heavy atom. The molecule has 0 aliphatic heterocycles. The molecule has 0 aliphatic rings. The van der Waals surface area contributed by atoms with Crippen molar-refractivity contribution in [2.45, 2.75) is 13.5 Å². The third-order valence-corrected chi connectivity index (χ3v) is 4.29. The van der Waals surface area contributed by atoms with Crippen LogP contribution in [-0.2, 0) is 6.54 Å². The predicted molar refractivity (Wildman–Crippen MR) is 112 cm³/mol. The maximum Gasteiger partial charge on any atom is 0.225 e. The molecule has 0 saturated carbocycles. The van der Waals surface area contributed by atoms with E-state index >= 15 is 0 Å². The minimum atomic E-state index is 0.518. The van der Waals surface area contributed by atoms with Gasteiger partial charge in [0.05, 0.1) is 12.8 Å². The SMILES string of the molecule is COc1ccc(CNc2nc(Nc3cc(C)on3)cc(-c3ccccc3)n2)cc1. The van der Waals surface area contributed by atoms with Gasteiger partial charge < -0.3 is 19.9 Å². The van der Waals surface area contributed by atoms with Crippen molar-refractivity contribution >= 4 is 17.6 Å². The van der Waals surface area contributed by atoms with Crippen LogP contribution in [0.1, 0.15) is 11.3 Å². The molecule has 29 heavy (non-hydrogen) atoms. The Balaban J connectivity index is 1.59. The molecule has 146 valence electrons. The number of hydrogen-bond acceptors (Lipinski definition) is 7. The molecule has 0 aliphatic carbocycles. The van der Waals surface area contributed by atoms with Gasteiger partial charge in [-0.2, -0.15) is 4.98 Å². The van der Waals surface area contributed by atoms with Gasteiger partial charge in [0.15, 0.2) is 5.82 Å². The number of ether oxygens (including phenoxy) is 1. The highest BCUT2D eigenvalue weighted by molar-refractivity contribution is 5.66. The monoisotopic (exact) mass is 387 g/mol. The van der Waals surface area contributed by atoms with Crippen LogP contribution in [0.2, 0.25) is 0 Å². The lowest BCUT2D eigenvalue weighted by Crippen LogP contribution is -2.06. The third-order valence-electron chi connectivity index (χ3n) is 4.29. The molecule has 0 bridgehead atoms. The first-order chi connectivity index (χ1) is 14.2. The van der Waals surface area contributed by atoms with E-state index in [1.165, 1.54) is 0 Å². The van der Waals surface area contributed by atoms with Gasteiger partial charge in [-0.15, -0.1) is 0 Å². The largest absolute Gasteiger partial charge is 0.497 e. The zero-order valence-electron chi connectivity index (χ0n) is 16.2. The first-order valence-electron chi connectivity index (χ1n) is 9.21. The second-order valence-electron chi connectivity index (χ2n) is 6.48. The summed E-state index contributed by atoms with van der Waals surface area (Å²) < 4.78 is 10.3. The van der Waals surface area contributed by atoms with Crippen LogP contribution in [0.15, 0.2) is 71.3 Å². The average molecular weight is 387 g/mol. The molecule has 0 radical (unpaired) electrons. The molecule has 4 rings (SSSR count). The van der Waals surface area contributed by atoms with Crippen molar-refractivity contribution in [1.29, 1.82) is 0 Å². The third kappa shape index (κ3) is 4.70. The van der Waals surface area contributed by atoms with Gasteiger partial charge in [-0.1, -0.05) is 47.6 Å². The van der Waals surface area contributed by atoms with Crippen molar-refractivity contribution in [3.8, 4) is 17.0 Å². The smallest absolute Gasteiger partial charge is 0.225 e. The van der Waals surface area contributed by atoms with Crippen molar-refractivity contribution in [2.75, 3.05) is 17.7 Å². The molecule has 2 heterocycles. The Morgan fingerprint density at radius 2 is 1.72 bits per heavy atom. The first kappa shape index (κ1) is 18.5. The number of rotatable bonds is 7. The maximum atomic E-state index is 5.20. The van der Waals surface area contributed by atoms with E-state index in [2.05, 4.69) is 25.8 Å². The molecule has 2 aromatic heterocycles. The highest BCUT2D eigenvalue weighted by atomic mass is 16.5. The predicted octanol–water partition coefficient (Wildman–Crippen LogP) is 4.80. The number of hydrogen-bond donors (Lipinski definition) is 2. The maximum absolute atomic E-state index is 5.20. The van der Waals surface area contributed by atoms with Crippen molar-refractivity contribution < 1.29 is 9.26 Å². The minimum absolute atomic E-state index is 0.518. The Kier molecular flexibility index (Phi) is 5.38. The Labute approximate surface area is 168 Å². The van der Waals surface area contributed by atoms with Gasteiger partial charge in [-0.05, 0) is 24.6 Å². The number of methoxy groups -OCH3 is 1. The van der Waals surface area contributed by atoms with Crippen molar-refractivity contribution in [1.82, 2.24) is 15.1 Å². The fraction of sp³-hybridized carbons (Fsp3) is 0.136. The fourth-order valence-corrected chi connectivity index (χ4v) is 2.83. The van der Waals surface area contributed by atoms with Crippen molar-refractivity contribution in [2.24, 2.45) is 0 Å². The van der Waals surface area contributed by atoms with Crippen LogP contribution >= 0.6 is 0 Å². The second-order valence-corrected chi connectivity index (χ2v) is 6.48. The van der Waals surface area contributed by atoms with E-state index in [0.29, 0.717) is 24.1 Å². The summed E-state index contributed by atoms with van der Waals surface area (Å²) >= 11 is 0. The number of aryl methyl sites for hydroxylation is 1. The Hall–Kier alpha value is -3.87. The summed E-state index contributed by atoms with van der Waals surface area (Å²) in [4.78, 5) is 9.24. The molecule has 7 heteroatoms. The van der Waals surface area contributed by atoms with Gasteiger partial charge in [0.1, 0.15) is 17.3 Å². The van der Waals surface area contributed by atoms with Gasteiger partial charge in [-0.25, -0.2) is 4.98 Å². The van der Waals surface area contributed by atoms with Crippen LogP contribution < -0.4 is 15.4 Å². The summed E-state index contributed by atoms with van der Waals surface area (Å²) in [7, 11) is 1.65. The molecule has 0 atom stereocenters. The molecular weight excluding hydrogens is 366 g/mol. The van der Waals surface area contributed by atoms with Crippen LogP contribution in [0, 0.1) is 6.92 Å². The summed E-state index contributed by atoms with van der Waals surface area (Å²) in [6.45, 7) is 2.43. The Bertz CT molecular complexity index is 1080. The fourth-order valence-electron chi connectivity index (χ4n) is 2.83.